The normalized spacial score (nSPS) is 19.4. The van der Waals surface area contributed by atoms with Crippen LogP contribution in [0.3, 0.4) is 0 Å². The minimum atomic E-state index is 0.0680. The SMILES string of the molecule is O=C(CC1CCNCC1Cc1cc(-c2ccccc2)on1)NCc1ccco1. The van der Waals surface area contributed by atoms with Gasteiger partial charge in [0.15, 0.2) is 5.76 Å². The van der Waals surface area contributed by atoms with Gasteiger partial charge in [-0.15, -0.1) is 0 Å². The minimum Gasteiger partial charge on any atom is -0.467 e. The van der Waals surface area contributed by atoms with E-state index in [0.29, 0.717) is 24.8 Å². The summed E-state index contributed by atoms with van der Waals surface area (Å²) in [5.41, 5.74) is 1.96. The average Bonchev–Trinajstić information content (AvgIpc) is 3.41. The van der Waals surface area contributed by atoms with Gasteiger partial charge in [0, 0.05) is 18.1 Å². The smallest absolute Gasteiger partial charge is 0.220 e. The summed E-state index contributed by atoms with van der Waals surface area (Å²) in [6.45, 7) is 2.27. The number of hydrogen-bond acceptors (Lipinski definition) is 5. The van der Waals surface area contributed by atoms with Crippen LogP contribution >= 0.6 is 0 Å². The first-order chi connectivity index (χ1) is 13.8. The Labute approximate surface area is 164 Å². The number of piperidine rings is 1. The van der Waals surface area contributed by atoms with Gasteiger partial charge in [-0.25, -0.2) is 0 Å². The first-order valence-electron chi connectivity index (χ1n) is 9.79. The summed E-state index contributed by atoms with van der Waals surface area (Å²) >= 11 is 0. The second-order valence-electron chi connectivity index (χ2n) is 7.33. The molecule has 0 spiro atoms. The van der Waals surface area contributed by atoms with E-state index in [0.717, 1.165) is 48.7 Å². The van der Waals surface area contributed by atoms with Crippen LogP contribution in [0.25, 0.3) is 11.3 Å². The van der Waals surface area contributed by atoms with Gasteiger partial charge in [0.25, 0.3) is 0 Å². The Balaban J connectivity index is 1.34. The number of rotatable bonds is 7. The van der Waals surface area contributed by atoms with Crippen molar-refractivity contribution < 1.29 is 13.7 Å². The molecule has 1 amide bonds. The van der Waals surface area contributed by atoms with Crippen LogP contribution in [0.1, 0.15) is 24.3 Å². The van der Waals surface area contributed by atoms with Crippen molar-refractivity contribution >= 4 is 5.91 Å². The Kier molecular flexibility index (Phi) is 5.87. The monoisotopic (exact) mass is 379 g/mol. The predicted molar refractivity (Wildman–Crippen MR) is 105 cm³/mol. The molecule has 1 saturated heterocycles. The number of furan rings is 1. The zero-order valence-electron chi connectivity index (χ0n) is 15.8. The molecule has 0 saturated carbocycles. The fraction of sp³-hybridized carbons (Fsp3) is 0.364. The van der Waals surface area contributed by atoms with E-state index in [2.05, 4.69) is 15.8 Å². The number of aromatic nitrogens is 1. The van der Waals surface area contributed by atoms with Crippen LogP contribution in [0.4, 0.5) is 0 Å². The summed E-state index contributed by atoms with van der Waals surface area (Å²) < 4.78 is 10.8. The minimum absolute atomic E-state index is 0.0680. The molecule has 2 aromatic heterocycles. The van der Waals surface area contributed by atoms with E-state index in [1.807, 2.05) is 48.5 Å². The molecule has 1 aliphatic heterocycles. The molecule has 0 radical (unpaired) electrons. The van der Waals surface area contributed by atoms with Crippen molar-refractivity contribution in [2.75, 3.05) is 13.1 Å². The van der Waals surface area contributed by atoms with Crippen LogP contribution in [0.2, 0.25) is 0 Å². The average molecular weight is 379 g/mol. The standard InChI is InChI=1S/C22H25N3O3/c26-22(24-15-20-7-4-10-27-20)12-17-8-9-23-14-18(17)11-19-13-21(28-25-19)16-5-2-1-3-6-16/h1-7,10,13,17-18,23H,8-9,11-12,14-15H2,(H,24,26). The lowest BCUT2D eigenvalue weighted by Crippen LogP contribution is -2.40. The van der Waals surface area contributed by atoms with Gasteiger partial charge < -0.3 is 19.6 Å². The molecule has 3 heterocycles. The Morgan fingerprint density at radius 3 is 2.89 bits per heavy atom. The lowest BCUT2D eigenvalue weighted by molar-refractivity contribution is -0.122. The third-order valence-electron chi connectivity index (χ3n) is 5.34. The van der Waals surface area contributed by atoms with Crippen LogP contribution in [-0.4, -0.2) is 24.2 Å². The van der Waals surface area contributed by atoms with Crippen molar-refractivity contribution in [1.82, 2.24) is 15.8 Å². The Hall–Kier alpha value is -2.86. The van der Waals surface area contributed by atoms with Gasteiger partial charge in [0.05, 0.1) is 18.5 Å². The van der Waals surface area contributed by atoms with E-state index < -0.39 is 0 Å². The first kappa shape index (κ1) is 18.5. The maximum Gasteiger partial charge on any atom is 0.220 e. The molecule has 1 fully saturated rings. The highest BCUT2D eigenvalue weighted by Crippen LogP contribution is 2.28. The quantitative estimate of drug-likeness (QED) is 0.658. The van der Waals surface area contributed by atoms with Crippen molar-refractivity contribution in [3.8, 4) is 11.3 Å². The summed E-state index contributed by atoms with van der Waals surface area (Å²) in [6.07, 6.45) is 3.93. The number of nitrogens with zero attached hydrogens (tertiary/aromatic N) is 1. The second kappa shape index (κ2) is 8.89. The highest BCUT2D eigenvalue weighted by atomic mass is 16.5. The first-order valence-corrected chi connectivity index (χ1v) is 9.79. The van der Waals surface area contributed by atoms with Gasteiger partial charge in [0.1, 0.15) is 5.76 Å². The highest BCUT2D eigenvalue weighted by Gasteiger charge is 2.28. The summed E-state index contributed by atoms with van der Waals surface area (Å²) in [4.78, 5) is 12.4. The summed E-state index contributed by atoms with van der Waals surface area (Å²) in [5, 5.41) is 10.7. The summed E-state index contributed by atoms with van der Waals surface area (Å²) in [6, 6.07) is 15.7. The van der Waals surface area contributed by atoms with E-state index in [-0.39, 0.29) is 5.91 Å². The van der Waals surface area contributed by atoms with Gasteiger partial charge in [-0.2, -0.15) is 0 Å². The van der Waals surface area contributed by atoms with Crippen LogP contribution < -0.4 is 10.6 Å². The largest absolute Gasteiger partial charge is 0.467 e. The van der Waals surface area contributed by atoms with E-state index >= 15 is 0 Å². The van der Waals surface area contributed by atoms with Crippen LogP contribution in [-0.2, 0) is 17.8 Å². The lowest BCUT2D eigenvalue weighted by atomic mass is 9.81. The number of carbonyl (C=O) groups is 1. The van der Waals surface area contributed by atoms with Crippen molar-refractivity contribution in [1.29, 1.82) is 0 Å². The van der Waals surface area contributed by atoms with Crippen molar-refractivity contribution in [3.63, 3.8) is 0 Å². The fourth-order valence-electron chi connectivity index (χ4n) is 3.81. The van der Waals surface area contributed by atoms with E-state index in [9.17, 15) is 4.79 Å². The molecule has 0 bridgehead atoms. The summed E-state index contributed by atoms with van der Waals surface area (Å²) in [7, 11) is 0. The maximum atomic E-state index is 12.4. The van der Waals surface area contributed by atoms with Crippen molar-refractivity contribution in [2.24, 2.45) is 11.8 Å². The summed E-state index contributed by atoms with van der Waals surface area (Å²) in [5.74, 6) is 2.31. The van der Waals surface area contributed by atoms with Crippen molar-refractivity contribution in [3.05, 3.63) is 66.2 Å². The third kappa shape index (κ3) is 4.70. The number of benzene rings is 1. The van der Waals surface area contributed by atoms with Crippen LogP contribution in [0.5, 0.6) is 0 Å². The molecule has 1 aliphatic rings. The van der Waals surface area contributed by atoms with Gasteiger partial charge >= 0.3 is 0 Å². The zero-order chi connectivity index (χ0) is 19.2. The van der Waals surface area contributed by atoms with Gasteiger partial charge in [-0.1, -0.05) is 35.5 Å². The number of nitrogens with one attached hydrogen (secondary N) is 2. The molecule has 146 valence electrons. The van der Waals surface area contributed by atoms with Gasteiger partial charge in [-0.05, 0) is 49.9 Å². The molecule has 0 aliphatic carbocycles. The number of carbonyl (C=O) groups excluding carboxylic acids is 1. The zero-order valence-corrected chi connectivity index (χ0v) is 15.8. The van der Waals surface area contributed by atoms with Crippen LogP contribution in [0, 0.1) is 11.8 Å². The molecular weight excluding hydrogens is 354 g/mol. The molecule has 1 aromatic carbocycles. The van der Waals surface area contributed by atoms with Gasteiger partial charge in [-0.3, -0.25) is 4.79 Å². The second-order valence-corrected chi connectivity index (χ2v) is 7.33. The molecule has 2 N–H and O–H groups in total. The molecule has 2 unspecified atom stereocenters. The molecule has 2 atom stereocenters. The third-order valence-corrected chi connectivity index (χ3v) is 5.34. The number of amides is 1. The lowest BCUT2D eigenvalue weighted by Gasteiger charge is -2.31. The molecular formula is C22H25N3O3. The topological polar surface area (TPSA) is 80.3 Å². The number of hydrogen-bond donors (Lipinski definition) is 2. The fourth-order valence-corrected chi connectivity index (χ4v) is 3.81. The Morgan fingerprint density at radius 1 is 1.18 bits per heavy atom. The van der Waals surface area contributed by atoms with Gasteiger partial charge in [0.2, 0.25) is 5.91 Å². The Morgan fingerprint density at radius 2 is 2.07 bits per heavy atom. The molecule has 6 nitrogen and oxygen atoms in total. The maximum absolute atomic E-state index is 12.4. The molecule has 4 rings (SSSR count). The van der Waals surface area contributed by atoms with E-state index in [1.165, 1.54) is 0 Å². The van der Waals surface area contributed by atoms with Crippen molar-refractivity contribution in [2.45, 2.75) is 25.8 Å². The molecule has 3 aromatic rings. The Bertz CT molecular complexity index is 874. The molecule has 28 heavy (non-hydrogen) atoms. The molecule has 6 heteroatoms. The highest BCUT2D eigenvalue weighted by molar-refractivity contribution is 5.76. The van der Waals surface area contributed by atoms with E-state index in [1.54, 1.807) is 6.26 Å². The van der Waals surface area contributed by atoms with E-state index in [4.69, 9.17) is 8.94 Å². The van der Waals surface area contributed by atoms with Crippen LogP contribution in [0.15, 0.2) is 63.7 Å². The predicted octanol–water partition coefficient (Wildman–Crippen LogP) is 3.41.